The van der Waals surface area contributed by atoms with Crippen LogP contribution in [0.5, 0.6) is 5.88 Å². The highest BCUT2D eigenvalue weighted by molar-refractivity contribution is 5.93. The number of pyridine rings is 1. The molecule has 1 aliphatic carbocycles. The van der Waals surface area contributed by atoms with Gasteiger partial charge in [0.05, 0.1) is 24.0 Å². The van der Waals surface area contributed by atoms with Crippen LogP contribution < -0.4 is 10.5 Å². The quantitative estimate of drug-likeness (QED) is 0.746. The first-order chi connectivity index (χ1) is 12.3. The summed E-state index contributed by atoms with van der Waals surface area (Å²) in [6, 6.07) is 14.2. The second-order valence-corrected chi connectivity index (χ2v) is 6.38. The van der Waals surface area contributed by atoms with Crippen LogP contribution in [-0.4, -0.2) is 14.8 Å². The summed E-state index contributed by atoms with van der Waals surface area (Å²) in [5.41, 5.74) is 8.11. The van der Waals surface area contributed by atoms with Crippen LogP contribution in [0.3, 0.4) is 0 Å². The molecule has 0 amide bonds. The number of aromatic nitrogens is 3. The number of benzene rings is 1. The zero-order valence-corrected chi connectivity index (χ0v) is 13.8. The minimum Gasteiger partial charge on any atom is -0.472 e. The van der Waals surface area contributed by atoms with Gasteiger partial charge in [-0.25, -0.2) is 4.98 Å². The number of hydrogen-bond donors (Lipinski definition) is 1. The summed E-state index contributed by atoms with van der Waals surface area (Å²) in [6.07, 6.45) is 4.41. The standard InChI is InChI=1S/C19H19N5O/c20-10-8-15(14-6-7-14)24-16-9-11-22-19(17(16)18(21)23-24)25-12-13-4-2-1-3-5-13/h1-5,9,11,14-15H,6-8,12H2,(H2,21,23). The molecule has 1 saturated carbocycles. The van der Waals surface area contributed by atoms with Crippen LogP contribution in [0.4, 0.5) is 5.82 Å². The van der Waals surface area contributed by atoms with Crippen LogP contribution >= 0.6 is 0 Å². The molecule has 1 aliphatic rings. The lowest BCUT2D eigenvalue weighted by molar-refractivity contribution is 0.298. The van der Waals surface area contributed by atoms with Crippen molar-refractivity contribution in [2.75, 3.05) is 5.73 Å². The van der Waals surface area contributed by atoms with Crippen molar-refractivity contribution in [1.29, 1.82) is 5.26 Å². The van der Waals surface area contributed by atoms with E-state index in [0.717, 1.165) is 29.3 Å². The molecule has 1 atom stereocenters. The SMILES string of the molecule is N#CCC(C1CC1)n1nc(N)c2c(OCc3ccccc3)nccc21. The van der Waals surface area contributed by atoms with Gasteiger partial charge in [-0.1, -0.05) is 30.3 Å². The van der Waals surface area contributed by atoms with Gasteiger partial charge in [0.1, 0.15) is 12.0 Å². The fraction of sp³-hybridized carbons (Fsp3) is 0.316. The van der Waals surface area contributed by atoms with Gasteiger partial charge in [-0.05, 0) is 30.4 Å². The number of hydrogen-bond acceptors (Lipinski definition) is 5. The van der Waals surface area contributed by atoms with Gasteiger partial charge in [0.15, 0.2) is 5.82 Å². The summed E-state index contributed by atoms with van der Waals surface area (Å²) in [4.78, 5) is 4.34. The molecule has 2 aromatic heterocycles. The van der Waals surface area contributed by atoms with Gasteiger partial charge in [0, 0.05) is 6.20 Å². The van der Waals surface area contributed by atoms with Gasteiger partial charge in [-0.2, -0.15) is 10.4 Å². The Kier molecular flexibility index (Phi) is 3.98. The van der Waals surface area contributed by atoms with Gasteiger partial charge in [-0.15, -0.1) is 0 Å². The Balaban J connectivity index is 1.68. The number of nitrogens with zero attached hydrogens (tertiary/aromatic N) is 4. The molecule has 1 unspecified atom stereocenters. The van der Waals surface area contributed by atoms with Crippen molar-refractivity contribution in [3.8, 4) is 11.9 Å². The van der Waals surface area contributed by atoms with E-state index in [0.29, 0.717) is 30.6 Å². The predicted molar refractivity (Wildman–Crippen MR) is 94.7 cm³/mol. The Morgan fingerprint density at radius 1 is 1.28 bits per heavy atom. The van der Waals surface area contributed by atoms with Crippen molar-refractivity contribution in [1.82, 2.24) is 14.8 Å². The van der Waals surface area contributed by atoms with Crippen molar-refractivity contribution >= 4 is 16.7 Å². The average molecular weight is 333 g/mol. The van der Waals surface area contributed by atoms with E-state index < -0.39 is 0 Å². The van der Waals surface area contributed by atoms with Gasteiger partial charge in [0.25, 0.3) is 0 Å². The molecule has 1 aromatic carbocycles. The van der Waals surface area contributed by atoms with Crippen molar-refractivity contribution in [2.24, 2.45) is 5.92 Å². The Morgan fingerprint density at radius 2 is 2.08 bits per heavy atom. The third-order valence-corrected chi connectivity index (χ3v) is 4.61. The fourth-order valence-electron chi connectivity index (χ4n) is 3.20. The summed E-state index contributed by atoms with van der Waals surface area (Å²) in [5.74, 6) is 1.38. The molecular weight excluding hydrogens is 314 g/mol. The van der Waals surface area contributed by atoms with Gasteiger partial charge >= 0.3 is 0 Å². The number of nitrogens with two attached hydrogens (primary N) is 1. The highest BCUT2D eigenvalue weighted by atomic mass is 16.5. The van der Waals surface area contributed by atoms with Crippen molar-refractivity contribution < 1.29 is 4.74 Å². The molecule has 0 saturated heterocycles. The monoisotopic (exact) mass is 333 g/mol. The Morgan fingerprint density at radius 3 is 2.80 bits per heavy atom. The van der Waals surface area contributed by atoms with Crippen LogP contribution in [0.1, 0.15) is 30.9 Å². The molecule has 6 nitrogen and oxygen atoms in total. The first-order valence-electron chi connectivity index (χ1n) is 8.44. The first-order valence-corrected chi connectivity index (χ1v) is 8.44. The van der Waals surface area contributed by atoms with E-state index in [1.165, 1.54) is 0 Å². The van der Waals surface area contributed by atoms with Gasteiger partial charge in [-0.3, -0.25) is 4.68 Å². The van der Waals surface area contributed by atoms with E-state index in [1.807, 2.05) is 41.1 Å². The van der Waals surface area contributed by atoms with Crippen LogP contribution in [0.15, 0.2) is 42.6 Å². The summed E-state index contributed by atoms with van der Waals surface area (Å²) in [7, 11) is 0. The van der Waals surface area contributed by atoms with E-state index in [2.05, 4.69) is 16.2 Å². The molecule has 3 aromatic rings. The number of nitrogen functional groups attached to an aromatic ring is 1. The highest BCUT2D eigenvalue weighted by Gasteiger charge is 2.34. The van der Waals surface area contributed by atoms with Gasteiger partial charge in [0.2, 0.25) is 5.88 Å². The number of anilines is 1. The molecule has 0 aliphatic heterocycles. The third kappa shape index (κ3) is 3.01. The summed E-state index contributed by atoms with van der Waals surface area (Å²) < 4.78 is 7.80. The number of rotatable bonds is 6. The third-order valence-electron chi connectivity index (χ3n) is 4.61. The average Bonchev–Trinajstić information content (AvgIpc) is 3.43. The Hall–Kier alpha value is -3.07. The molecule has 2 heterocycles. The van der Waals surface area contributed by atoms with E-state index in [9.17, 15) is 0 Å². The fourth-order valence-corrected chi connectivity index (χ4v) is 3.20. The molecule has 0 radical (unpaired) electrons. The summed E-state index contributed by atoms with van der Waals surface area (Å²) in [5, 5.41) is 14.4. The molecule has 1 fully saturated rings. The number of fused-ring (bicyclic) bond motifs is 1. The molecule has 25 heavy (non-hydrogen) atoms. The number of nitriles is 1. The van der Waals surface area contributed by atoms with E-state index >= 15 is 0 Å². The van der Waals surface area contributed by atoms with Crippen LogP contribution in [0.25, 0.3) is 10.9 Å². The lowest BCUT2D eigenvalue weighted by Gasteiger charge is -2.14. The second kappa shape index (κ2) is 6.44. The van der Waals surface area contributed by atoms with Crippen LogP contribution in [0.2, 0.25) is 0 Å². The summed E-state index contributed by atoms with van der Waals surface area (Å²) >= 11 is 0. The molecule has 0 spiro atoms. The number of ether oxygens (including phenoxy) is 1. The zero-order chi connectivity index (χ0) is 17.2. The minimum atomic E-state index is 0.0640. The smallest absolute Gasteiger partial charge is 0.227 e. The van der Waals surface area contributed by atoms with Crippen molar-refractivity contribution in [3.05, 3.63) is 48.2 Å². The lowest BCUT2D eigenvalue weighted by Crippen LogP contribution is -2.12. The molecule has 4 rings (SSSR count). The minimum absolute atomic E-state index is 0.0640. The molecule has 2 N–H and O–H groups in total. The largest absolute Gasteiger partial charge is 0.472 e. The normalized spacial score (nSPS) is 15.0. The maximum atomic E-state index is 9.16. The van der Waals surface area contributed by atoms with Gasteiger partial charge < -0.3 is 10.5 Å². The molecule has 0 bridgehead atoms. The topological polar surface area (TPSA) is 89.8 Å². The Bertz CT molecular complexity index is 924. The molecule has 6 heteroatoms. The van der Waals surface area contributed by atoms with E-state index in [4.69, 9.17) is 15.7 Å². The van der Waals surface area contributed by atoms with Crippen LogP contribution in [-0.2, 0) is 6.61 Å². The predicted octanol–water partition coefficient (Wildman–Crippen LogP) is 3.46. The Labute approximate surface area is 145 Å². The second-order valence-electron chi connectivity index (χ2n) is 6.38. The van der Waals surface area contributed by atoms with E-state index in [-0.39, 0.29) is 6.04 Å². The van der Waals surface area contributed by atoms with E-state index in [1.54, 1.807) is 6.20 Å². The molecular formula is C19H19N5O. The van der Waals surface area contributed by atoms with Crippen molar-refractivity contribution in [3.63, 3.8) is 0 Å². The zero-order valence-electron chi connectivity index (χ0n) is 13.8. The van der Waals surface area contributed by atoms with Crippen molar-refractivity contribution in [2.45, 2.75) is 31.9 Å². The summed E-state index contributed by atoms with van der Waals surface area (Å²) in [6.45, 7) is 0.418. The highest BCUT2D eigenvalue weighted by Crippen LogP contribution is 2.43. The molecule has 126 valence electrons. The lowest BCUT2D eigenvalue weighted by atomic mass is 10.1. The maximum absolute atomic E-state index is 9.16. The maximum Gasteiger partial charge on any atom is 0.227 e. The van der Waals surface area contributed by atoms with Crippen LogP contribution in [0, 0.1) is 17.2 Å². The first kappa shape index (κ1) is 15.5.